The van der Waals surface area contributed by atoms with Crippen molar-refractivity contribution >= 4 is 5.78 Å². The Morgan fingerprint density at radius 3 is 2.80 bits per heavy atom. The van der Waals surface area contributed by atoms with Crippen LogP contribution in [0.5, 0.6) is 0 Å². The number of aromatic amines is 1. The molecule has 1 aliphatic rings. The van der Waals surface area contributed by atoms with Crippen LogP contribution in [-0.2, 0) is 4.74 Å². The minimum absolute atomic E-state index is 0.000724. The molecular weight excluding hydrogens is 258 g/mol. The molecular formula is C14H17N3O3. The second kappa shape index (κ2) is 4.86. The molecule has 0 spiro atoms. The highest BCUT2D eigenvalue weighted by molar-refractivity contribution is 5.96. The van der Waals surface area contributed by atoms with Gasteiger partial charge in [0.25, 0.3) is 5.89 Å². The monoisotopic (exact) mass is 275 g/mol. The summed E-state index contributed by atoms with van der Waals surface area (Å²) in [6.45, 7) is 6.71. The topological polar surface area (TPSA) is 81.0 Å². The van der Waals surface area contributed by atoms with Crippen LogP contribution in [0.1, 0.15) is 46.8 Å². The fourth-order valence-corrected chi connectivity index (χ4v) is 2.66. The number of hydrogen-bond donors (Lipinski definition) is 1. The molecule has 1 N–H and O–H groups in total. The number of carbonyl (C=O) groups is 1. The lowest BCUT2D eigenvalue weighted by molar-refractivity contribution is 0.101. The third-order valence-corrected chi connectivity index (χ3v) is 3.74. The Balaban J connectivity index is 1.99. The summed E-state index contributed by atoms with van der Waals surface area (Å²) in [7, 11) is 0. The van der Waals surface area contributed by atoms with Crippen LogP contribution in [0.25, 0.3) is 11.5 Å². The van der Waals surface area contributed by atoms with E-state index in [2.05, 4.69) is 15.1 Å². The molecule has 20 heavy (non-hydrogen) atoms. The van der Waals surface area contributed by atoms with E-state index in [9.17, 15) is 4.79 Å². The maximum absolute atomic E-state index is 11.6. The van der Waals surface area contributed by atoms with Crippen molar-refractivity contribution in [3.63, 3.8) is 0 Å². The van der Waals surface area contributed by atoms with Gasteiger partial charge in [0.05, 0.1) is 17.9 Å². The lowest BCUT2D eigenvalue weighted by Crippen LogP contribution is -1.99. The number of ether oxygens (including phenoxy) is 1. The van der Waals surface area contributed by atoms with Gasteiger partial charge in [0.2, 0.25) is 0 Å². The number of ketones is 1. The Bertz CT molecular complexity index is 651. The van der Waals surface area contributed by atoms with Crippen LogP contribution >= 0.6 is 0 Å². The molecule has 6 heteroatoms. The number of hydrogen-bond acceptors (Lipinski definition) is 5. The fraction of sp³-hybridized carbons (Fsp3) is 0.500. The Hall–Kier alpha value is -1.95. The zero-order valence-electron chi connectivity index (χ0n) is 11.8. The number of nitrogens with one attached hydrogen (secondary N) is 1. The molecule has 1 atom stereocenters. The molecule has 0 aliphatic carbocycles. The maximum atomic E-state index is 11.6. The number of aryl methyl sites for hydroxylation is 1. The van der Waals surface area contributed by atoms with Gasteiger partial charge in [-0.15, -0.1) is 0 Å². The maximum Gasteiger partial charge on any atom is 0.260 e. The molecule has 3 rings (SSSR count). The van der Waals surface area contributed by atoms with Gasteiger partial charge in [0, 0.05) is 25.1 Å². The van der Waals surface area contributed by atoms with Gasteiger partial charge in [-0.3, -0.25) is 4.79 Å². The molecule has 0 bridgehead atoms. The van der Waals surface area contributed by atoms with Crippen molar-refractivity contribution in [1.82, 2.24) is 15.1 Å². The van der Waals surface area contributed by atoms with Gasteiger partial charge in [-0.2, -0.15) is 4.98 Å². The van der Waals surface area contributed by atoms with Crippen molar-refractivity contribution < 1.29 is 14.1 Å². The van der Waals surface area contributed by atoms with Gasteiger partial charge >= 0.3 is 0 Å². The molecule has 3 heterocycles. The summed E-state index contributed by atoms with van der Waals surface area (Å²) < 4.78 is 10.7. The molecule has 0 amide bonds. The molecule has 1 saturated heterocycles. The van der Waals surface area contributed by atoms with Crippen LogP contribution < -0.4 is 0 Å². The predicted octanol–water partition coefficient (Wildman–Crippen LogP) is 2.39. The molecule has 2 aromatic heterocycles. The molecule has 0 unspecified atom stereocenters. The minimum atomic E-state index is 0.000724. The number of rotatable bonds is 3. The molecule has 6 nitrogen and oxygen atoms in total. The predicted molar refractivity (Wildman–Crippen MR) is 71.7 cm³/mol. The summed E-state index contributed by atoms with van der Waals surface area (Å²) in [5.74, 6) is 1.35. The second-order valence-corrected chi connectivity index (χ2v) is 5.20. The van der Waals surface area contributed by atoms with Crippen molar-refractivity contribution in [2.24, 2.45) is 0 Å². The number of carbonyl (C=O) groups excluding carboxylic acids is 1. The highest BCUT2D eigenvalue weighted by Crippen LogP contribution is 2.30. The van der Waals surface area contributed by atoms with Crippen molar-refractivity contribution in [1.29, 1.82) is 0 Å². The highest BCUT2D eigenvalue weighted by atomic mass is 16.5. The first-order valence-electron chi connectivity index (χ1n) is 6.69. The molecule has 0 radical (unpaired) electrons. The van der Waals surface area contributed by atoms with E-state index in [0.29, 0.717) is 24.0 Å². The molecule has 106 valence electrons. The quantitative estimate of drug-likeness (QED) is 0.870. The van der Waals surface area contributed by atoms with Crippen molar-refractivity contribution in [2.45, 2.75) is 33.1 Å². The van der Waals surface area contributed by atoms with E-state index in [1.165, 1.54) is 6.92 Å². The number of Topliss-reactive ketones (excluding diaryl/α,β-unsaturated/α-hetero) is 1. The lowest BCUT2D eigenvalue weighted by atomic mass is 10.1. The third kappa shape index (κ3) is 2.06. The highest BCUT2D eigenvalue weighted by Gasteiger charge is 2.25. The van der Waals surface area contributed by atoms with Crippen LogP contribution in [0.4, 0.5) is 0 Å². The number of H-pyrrole nitrogens is 1. The number of aromatic nitrogens is 3. The van der Waals surface area contributed by atoms with Gasteiger partial charge in [-0.1, -0.05) is 5.16 Å². The Labute approximate surface area is 116 Å². The van der Waals surface area contributed by atoms with E-state index in [4.69, 9.17) is 9.26 Å². The fourth-order valence-electron chi connectivity index (χ4n) is 2.66. The first kappa shape index (κ1) is 13.1. The summed E-state index contributed by atoms with van der Waals surface area (Å²) in [5, 5.41) is 4.05. The zero-order chi connectivity index (χ0) is 14.3. The van der Waals surface area contributed by atoms with Gasteiger partial charge in [0.1, 0.15) is 0 Å². The average Bonchev–Trinajstić information content (AvgIpc) is 3.08. The Morgan fingerprint density at radius 2 is 2.20 bits per heavy atom. The Kier molecular flexibility index (Phi) is 3.17. The minimum Gasteiger partial charge on any atom is -0.381 e. The second-order valence-electron chi connectivity index (χ2n) is 5.20. The van der Waals surface area contributed by atoms with Crippen LogP contribution in [-0.4, -0.2) is 34.1 Å². The first-order chi connectivity index (χ1) is 9.58. The Morgan fingerprint density at radius 1 is 1.40 bits per heavy atom. The van der Waals surface area contributed by atoms with E-state index < -0.39 is 0 Å². The van der Waals surface area contributed by atoms with Crippen LogP contribution in [0.3, 0.4) is 0 Å². The van der Waals surface area contributed by atoms with Crippen LogP contribution in [0.15, 0.2) is 4.52 Å². The standard InChI is InChI=1S/C14H17N3O3/c1-7-11(8(2)15-12(7)9(3)18)14-16-13(17-20-14)10-4-5-19-6-10/h10,15H,4-6H2,1-3H3/t10-/m0/s1. The van der Waals surface area contributed by atoms with E-state index in [1.54, 1.807) is 0 Å². The van der Waals surface area contributed by atoms with Crippen LogP contribution in [0, 0.1) is 13.8 Å². The van der Waals surface area contributed by atoms with E-state index in [1.807, 2.05) is 13.8 Å². The van der Waals surface area contributed by atoms with Gasteiger partial charge in [-0.25, -0.2) is 0 Å². The molecule has 1 aliphatic heterocycles. The van der Waals surface area contributed by atoms with Gasteiger partial charge in [-0.05, 0) is 25.8 Å². The largest absolute Gasteiger partial charge is 0.381 e. The molecule has 1 fully saturated rings. The first-order valence-corrected chi connectivity index (χ1v) is 6.69. The zero-order valence-corrected chi connectivity index (χ0v) is 11.8. The molecule has 2 aromatic rings. The number of nitrogens with zero attached hydrogens (tertiary/aromatic N) is 2. The van der Waals surface area contributed by atoms with E-state index in [-0.39, 0.29) is 11.7 Å². The van der Waals surface area contributed by atoms with Crippen molar-refractivity contribution in [3.05, 3.63) is 22.8 Å². The summed E-state index contributed by atoms with van der Waals surface area (Å²) >= 11 is 0. The van der Waals surface area contributed by atoms with Gasteiger partial charge in [0.15, 0.2) is 11.6 Å². The summed E-state index contributed by atoms with van der Waals surface area (Å²) in [6, 6.07) is 0. The third-order valence-electron chi connectivity index (χ3n) is 3.74. The van der Waals surface area contributed by atoms with E-state index in [0.717, 1.165) is 29.8 Å². The average molecular weight is 275 g/mol. The summed E-state index contributed by atoms with van der Waals surface area (Å²) in [5.41, 5.74) is 3.15. The summed E-state index contributed by atoms with van der Waals surface area (Å²) in [6.07, 6.45) is 0.919. The van der Waals surface area contributed by atoms with Crippen LogP contribution in [0.2, 0.25) is 0 Å². The SMILES string of the molecule is CC(=O)c1[nH]c(C)c(-c2nc([C@H]3CCOC3)no2)c1C. The normalized spacial score (nSPS) is 18.6. The van der Waals surface area contributed by atoms with E-state index >= 15 is 0 Å². The summed E-state index contributed by atoms with van der Waals surface area (Å²) in [4.78, 5) is 19.1. The van der Waals surface area contributed by atoms with Crippen molar-refractivity contribution in [3.8, 4) is 11.5 Å². The van der Waals surface area contributed by atoms with Gasteiger partial charge < -0.3 is 14.2 Å². The molecule has 0 aromatic carbocycles. The molecule has 0 saturated carbocycles. The van der Waals surface area contributed by atoms with Crippen molar-refractivity contribution in [2.75, 3.05) is 13.2 Å². The lowest BCUT2D eigenvalue weighted by Gasteiger charge is -1.98. The smallest absolute Gasteiger partial charge is 0.260 e.